The first-order valence-corrected chi connectivity index (χ1v) is 6.81. The fourth-order valence-electron chi connectivity index (χ4n) is 1.51. The van der Waals surface area contributed by atoms with Crippen molar-refractivity contribution >= 4 is 45.8 Å². The van der Waals surface area contributed by atoms with Crippen LogP contribution in [0, 0.1) is 3.57 Å². The number of alkyl halides is 3. The van der Waals surface area contributed by atoms with Crippen LogP contribution in [-0.2, 0) is 6.18 Å². The summed E-state index contributed by atoms with van der Waals surface area (Å²) in [4.78, 5) is 3.60. The standard InChI is InChI=1S/C12H5Cl2F3IN/c13-7-2-1-3-8(14)11(7)9-4-6(18)5-10(19-9)12(15,16)17/h1-5H. The molecule has 1 nitrogen and oxygen atoms in total. The van der Waals surface area contributed by atoms with E-state index in [9.17, 15) is 13.2 Å². The normalized spacial score (nSPS) is 11.7. The predicted octanol–water partition coefficient (Wildman–Crippen LogP) is 5.68. The second-order valence-corrected chi connectivity index (χ2v) is 5.71. The highest BCUT2D eigenvalue weighted by Gasteiger charge is 2.33. The fraction of sp³-hybridized carbons (Fsp3) is 0.0833. The summed E-state index contributed by atoms with van der Waals surface area (Å²) in [5, 5.41) is 0.519. The first-order valence-electron chi connectivity index (χ1n) is 4.98. The lowest BCUT2D eigenvalue weighted by Gasteiger charge is -2.11. The van der Waals surface area contributed by atoms with E-state index < -0.39 is 11.9 Å². The molecule has 0 unspecified atom stereocenters. The Kier molecular flexibility index (Phi) is 4.27. The number of hydrogen-bond donors (Lipinski definition) is 0. The molecule has 0 saturated carbocycles. The van der Waals surface area contributed by atoms with Gasteiger partial charge in [0, 0.05) is 9.13 Å². The van der Waals surface area contributed by atoms with Gasteiger partial charge in [-0.3, -0.25) is 0 Å². The van der Waals surface area contributed by atoms with Gasteiger partial charge in [-0.05, 0) is 46.9 Å². The lowest BCUT2D eigenvalue weighted by atomic mass is 10.1. The molecule has 1 aromatic heterocycles. The minimum Gasteiger partial charge on any atom is -0.243 e. The Bertz CT molecular complexity index is 609. The molecule has 0 atom stereocenters. The smallest absolute Gasteiger partial charge is 0.243 e. The Balaban J connectivity index is 2.67. The van der Waals surface area contributed by atoms with Gasteiger partial charge in [-0.15, -0.1) is 0 Å². The molecule has 2 aromatic rings. The molecule has 0 saturated heterocycles. The number of aromatic nitrogens is 1. The number of benzene rings is 1. The van der Waals surface area contributed by atoms with E-state index in [-0.39, 0.29) is 15.7 Å². The number of rotatable bonds is 1. The minimum absolute atomic E-state index is 0.106. The summed E-state index contributed by atoms with van der Waals surface area (Å²) < 4.78 is 38.6. The molecule has 19 heavy (non-hydrogen) atoms. The molecule has 0 bridgehead atoms. The van der Waals surface area contributed by atoms with Crippen LogP contribution < -0.4 is 0 Å². The summed E-state index contributed by atoms with van der Waals surface area (Å²) in [5.41, 5.74) is -0.560. The molecule has 2 rings (SSSR count). The van der Waals surface area contributed by atoms with Crippen molar-refractivity contribution in [3.63, 3.8) is 0 Å². The second kappa shape index (κ2) is 5.46. The van der Waals surface area contributed by atoms with Gasteiger partial charge in [0.05, 0.1) is 15.7 Å². The number of pyridine rings is 1. The lowest BCUT2D eigenvalue weighted by molar-refractivity contribution is -0.141. The van der Waals surface area contributed by atoms with Crippen molar-refractivity contribution in [1.29, 1.82) is 0 Å². The van der Waals surface area contributed by atoms with Crippen LogP contribution in [-0.4, -0.2) is 4.98 Å². The maximum Gasteiger partial charge on any atom is 0.433 e. The van der Waals surface area contributed by atoms with E-state index in [0.29, 0.717) is 9.13 Å². The van der Waals surface area contributed by atoms with E-state index in [0.717, 1.165) is 6.07 Å². The van der Waals surface area contributed by atoms with Gasteiger partial charge in [-0.1, -0.05) is 29.3 Å². The van der Waals surface area contributed by atoms with Crippen molar-refractivity contribution in [2.24, 2.45) is 0 Å². The molecule has 7 heteroatoms. The van der Waals surface area contributed by atoms with Crippen LogP contribution in [0.15, 0.2) is 30.3 Å². The van der Waals surface area contributed by atoms with Gasteiger partial charge >= 0.3 is 6.18 Å². The fourth-order valence-corrected chi connectivity index (χ4v) is 2.69. The van der Waals surface area contributed by atoms with E-state index in [2.05, 4.69) is 4.98 Å². The Morgan fingerprint density at radius 1 is 1.05 bits per heavy atom. The lowest BCUT2D eigenvalue weighted by Crippen LogP contribution is -2.09. The monoisotopic (exact) mass is 417 g/mol. The molecular formula is C12H5Cl2F3IN. The van der Waals surface area contributed by atoms with E-state index in [1.807, 2.05) is 0 Å². The Hall–Kier alpha value is -0.530. The van der Waals surface area contributed by atoms with Gasteiger partial charge in [-0.2, -0.15) is 13.2 Å². The van der Waals surface area contributed by atoms with E-state index in [1.165, 1.54) is 6.07 Å². The molecule has 0 spiro atoms. The maximum atomic E-state index is 12.7. The average molecular weight is 418 g/mol. The van der Waals surface area contributed by atoms with Crippen LogP contribution in [0.5, 0.6) is 0 Å². The van der Waals surface area contributed by atoms with Crippen molar-refractivity contribution in [3.8, 4) is 11.3 Å². The van der Waals surface area contributed by atoms with Gasteiger partial charge < -0.3 is 0 Å². The Labute approximate surface area is 130 Å². The van der Waals surface area contributed by atoms with Gasteiger partial charge in [0.25, 0.3) is 0 Å². The Morgan fingerprint density at radius 2 is 1.63 bits per heavy atom. The second-order valence-electron chi connectivity index (χ2n) is 3.65. The molecule has 0 N–H and O–H groups in total. The Morgan fingerprint density at radius 3 is 2.16 bits per heavy atom. The van der Waals surface area contributed by atoms with Gasteiger partial charge in [-0.25, -0.2) is 4.98 Å². The summed E-state index contributed by atoms with van der Waals surface area (Å²) >= 11 is 13.7. The highest BCUT2D eigenvalue weighted by atomic mass is 127. The molecule has 1 heterocycles. The third-order valence-corrected chi connectivity index (χ3v) is 3.55. The third kappa shape index (κ3) is 3.32. The highest BCUT2D eigenvalue weighted by Crippen LogP contribution is 2.36. The number of halogens is 6. The summed E-state index contributed by atoms with van der Waals surface area (Å²) in [5.74, 6) is 0. The molecule has 0 fully saturated rings. The van der Waals surface area contributed by atoms with Crippen molar-refractivity contribution in [2.45, 2.75) is 6.18 Å². The summed E-state index contributed by atoms with van der Waals surface area (Å²) in [6, 6.07) is 7.19. The van der Waals surface area contributed by atoms with Crippen LogP contribution in [0.1, 0.15) is 5.69 Å². The first-order chi connectivity index (χ1) is 8.79. The van der Waals surface area contributed by atoms with Crippen molar-refractivity contribution in [1.82, 2.24) is 4.98 Å². The van der Waals surface area contributed by atoms with Crippen molar-refractivity contribution in [2.75, 3.05) is 0 Å². The molecule has 1 aromatic carbocycles. The van der Waals surface area contributed by atoms with Crippen molar-refractivity contribution in [3.05, 3.63) is 49.6 Å². The van der Waals surface area contributed by atoms with Gasteiger partial charge in [0.2, 0.25) is 0 Å². The van der Waals surface area contributed by atoms with E-state index >= 15 is 0 Å². The van der Waals surface area contributed by atoms with Crippen molar-refractivity contribution < 1.29 is 13.2 Å². The highest BCUT2D eigenvalue weighted by molar-refractivity contribution is 14.1. The summed E-state index contributed by atoms with van der Waals surface area (Å²) in [6.45, 7) is 0. The molecule has 100 valence electrons. The van der Waals surface area contributed by atoms with Gasteiger partial charge in [0.1, 0.15) is 5.69 Å². The van der Waals surface area contributed by atoms with Crippen LogP contribution in [0.25, 0.3) is 11.3 Å². The van der Waals surface area contributed by atoms with Crippen LogP contribution >= 0.6 is 45.8 Å². The molecule has 0 aliphatic rings. The zero-order chi connectivity index (χ0) is 14.2. The molecular weight excluding hydrogens is 413 g/mol. The predicted molar refractivity (Wildman–Crippen MR) is 77.4 cm³/mol. The largest absolute Gasteiger partial charge is 0.433 e. The van der Waals surface area contributed by atoms with E-state index in [4.69, 9.17) is 23.2 Å². The summed E-state index contributed by atoms with van der Waals surface area (Å²) in [7, 11) is 0. The minimum atomic E-state index is -4.51. The molecule has 0 amide bonds. The zero-order valence-corrected chi connectivity index (χ0v) is 12.8. The van der Waals surface area contributed by atoms with Crippen LogP contribution in [0.2, 0.25) is 10.0 Å². The quantitative estimate of drug-likeness (QED) is 0.544. The third-order valence-electron chi connectivity index (χ3n) is 2.30. The van der Waals surface area contributed by atoms with Crippen LogP contribution in [0.4, 0.5) is 13.2 Å². The number of hydrogen-bond acceptors (Lipinski definition) is 1. The maximum absolute atomic E-state index is 12.7. The molecule has 0 radical (unpaired) electrons. The topological polar surface area (TPSA) is 12.9 Å². The zero-order valence-electron chi connectivity index (χ0n) is 9.10. The van der Waals surface area contributed by atoms with Gasteiger partial charge in [0.15, 0.2) is 0 Å². The SMILES string of the molecule is FC(F)(F)c1cc(I)cc(-c2c(Cl)cccc2Cl)n1. The summed E-state index contributed by atoms with van der Waals surface area (Å²) in [6.07, 6.45) is -4.51. The van der Waals surface area contributed by atoms with Crippen LogP contribution in [0.3, 0.4) is 0 Å². The average Bonchev–Trinajstić information content (AvgIpc) is 2.26. The first kappa shape index (κ1) is 14.9. The molecule has 0 aliphatic carbocycles. The molecule has 0 aliphatic heterocycles. The van der Waals surface area contributed by atoms with E-state index in [1.54, 1.807) is 40.8 Å². The number of nitrogens with zero attached hydrogens (tertiary/aromatic N) is 1.